The first-order valence-corrected chi connectivity index (χ1v) is 6.74. The van der Waals surface area contributed by atoms with Crippen molar-refractivity contribution in [3.8, 4) is 0 Å². The normalized spacial score (nSPS) is 10.8. The van der Waals surface area contributed by atoms with Gasteiger partial charge < -0.3 is 15.6 Å². The van der Waals surface area contributed by atoms with Gasteiger partial charge in [0.25, 0.3) is 5.91 Å². The van der Waals surface area contributed by atoms with E-state index in [0.29, 0.717) is 11.4 Å². The summed E-state index contributed by atoms with van der Waals surface area (Å²) < 4.78 is 1.88. The molecule has 0 saturated carbocycles. The van der Waals surface area contributed by atoms with Gasteiger partial charge in [0.05, 0.1) is 5.69 Å². The Kier molecular flexibility index (Phi) is 3.84. The molecule has 0 radical (unpaired) electrons. The molecular weight excluding hydrogens is 250 g/mol. The molecule has 0 saturated heterocycles. The Hall–Kier alpha value is -2.23. The maximum atomic E-state index is 12.4. The number of hydrogen-bond acceptors (Lipinski definition) is 2. The summed E-state index contributed by atoms with van der Waals surface area (Å²) in [5.74, 6) is -0.135. The maximum Gasteiger partial charge on any atom is 0.272 e. The number of carbonyl (C=O) groups excluding carboxylic acids is 1. The van der Waals surface area contributed by atoms with Gasteiger partial charge in [-0.1, -0.05) is 12.1 Å². The first kappa shape index (κ1) is 14.2. The van der Waals surface area contributed by atoms with E-state index >= 15 is 0 Å². The fourth-order valence-corrected chi connectivity index (χ4v) is 2.17. The van der Waals surface area contributed by atoms with Gasteiger partial charge in [0.1, 0.15) is 5.69 Å². The highest BCUT2D eigenvalue weighted by Gasteiger charge is 2.15. The van der Waals surface area contributed by atoms with Crippen molar-refractivity contribution in [1.82, 2.24) is 4.57 Å². The molecule has 0 aliphatic rings. The summed E-state index contributed by atoms with van der Waals surface area (Å²) in [6.45, 7) is 8.02. The van der Waals surface area contributed by atoms with Gasteiger partial charge in [-0.3, -0.25) is 4.79 Å². The number of anilines is 2. The number of benzene rings is 1. The van der Waals surface area contributed by atoms with Crippen molar-refractivity contribution in [2.24, 2.45) is 0 Å². The van der Waals surface area contributed by atoms with Crippen LogP contribution >= 0.6 is 0 Å². The SMILES string of the molecule is Cc1ccc(C)c(NC(=O)c2cc(N)cn2C(C)C)c1. The molecule has 20 heavy (non-hydrogen) atoms. The van der Waals surface area contributed by atoms with Crippen molar-refractivity contribution >= 4 is 17.3 Å². The van der Waals surface area contributed by atoms with Gasteiger partial charge in [-0.25, -0.2) is 0 Å². The predicted molar refractivity (Wildman–Crippen MR) is 83.1 cm³/mol. The zero-order valence-corrected chi connectivity index (χ0v) is 12.4. The molecule has 0 aliphatic carbocycles. The lowest BCUT2D eigenvalue weighted by Gasteiger charge is -2.14. The van der Waals surface area contributed by atoms with E-state index in [1.54, 1.807) is 12.3 Å². The van der Waals surface area contributed by atoms with Crippen LogP contribution in [-0.4, -0.2) is 10.5 Å². The third kappa shape index (κ3) is 2.85. The van der Waals surface area contributed by atoms with E-state index in [4.69, 9.17) is 5.73 Å². The number of carbonyl (C=O) groups is 1. The lowest BCUT2D eigenvalue weighted by atomic mass is 10.1. The molecule has 0 aliphatic heterocycles. The largest absolute Gasteiger partial charge is 0.397 e. The summed E-state index contributed by atoms with van der Waals surface area (Å²) in [5.41, 5.74) is 9.98. The van der Waals surface area contributed by atoms with E-state index in [9.17, 15) is 4.79 Å². The summed E-state index contributed by atoms with van der Waals surface area (Å²) >= 11 is 0. The highest BCUT2D eigenvalue weighted by molar-refractivity contribution is 6.04. The molecule has 2 rings (SSSR count). The first-order valence-electron chi connectivity index (χ1n) is 6.74. The van der Waals surface area contributed by atoms with Crippen LogP contribution in [0.5, 0.6) is 0 Å². The third-order valence-corrected chi connectivity index (χ3v) is 3.30. The third-order valence-electron chi connectivity index (χ3n) is 3.30. The molecule has 2 aromatic rings. The average molecular weight is 271 g/mol. The van der Waals surface area contributed by atoms with Crippen molar-refractivity contribution in [1.29, 1.82) is 0 Å². The smallest absolute Gasteiger partial charge is 0.272 e. The second-order valence-corrected chi connectivity index (χ2v) is 5.43. The van der Waals surface area contributed by atoms with Crippen LogP contribution in [0.25, 0.3) is 0 Å². The summed E-state index contributed by atoms with van der Waals surface area (Å²) in [6, 6.07) is 7.90. The molecule has 4 heteroatoms. The Morgan fingerprint density at radius 2 is 1.95 bits per heavy atom. The number of nitrogens with one attached hydrogen (secondary N) is 1. The second-order valence-electron chi connectivity index (χ2n) is 5.43. The number of nitrogens with zero attached hydrogens (tertiary/aromatic N) is 1. The molecule has 0 atom stereocenters. The molecule has 1 heterocycles. The standard InChI is InChI=1S/C16H21N3O/c1-10(2)19-9-13(17)8-15(19)16(20)18-14-7-11(3)5-6-12(14)4/h5-10H,17H2,1-4H3,(H,18,20). The highest BCUT2D eigenvalue weighted by Crippen LogP contribution is 2.20. The van der Waals surface area contributed by atoms with Gasteiger partial charge in [0.15, 0.2) is 0 Å². The number of rotatable bonds is 3. The quantitative estimate of drug-likeness (QED) is 0.897. The first-order chi connectivity index (χ1) is 9.38. The lowest BCUT2D eigenvalue weighted by Crippen LogP contribution is -2.18. The Balaban J connectivity index is 2.31. The van der Waals surface area contributed by atoms with Gasteiger partial charge >= 0.3 is 0 Å². The van der Waals surface area contributed by atoms with E-state index < -0.39 is 0 Å². The average Bonchev–Trinajstić information content (AvgIpc) is 2.76. The van der Waals surface area contributed by atoms with Gasteiger partial charge in [-0.15, -0.1) is 0 Å². The fourth-order valence-electron chi connectivity index (χ4n) is 2.17. The van der Waals surface area contributed by atoms with Gasteiger partial charge in [-0.05, 0) is 51.0 Å². The van der Waals surface area contributed by atoms with Crippen LogP contribution in [0.4, 0.5) is 11.4 Å². The zero-order chi connectivity index (χ0) is 14.9. The number of aromatic nitrogens is 1. The van der Waals surface area contributed by atoms with Crippen LogP contribution in [0.2, 0.25) is 0 Å². The number of hydrogen-bond donors (Lipinski definition) is 2. The Morgan fingerprint density at radius 3 is 2.60 bits per heavy atom. The molecule has 0 unspecified atom stereocenters. The Bertz CT molecular complexity index is 641. The van der Waals surface area contributed by atoms with Crippen LogP contribution in [0.1, 0.15) is 41.5 Å². The van der Waals surface area contributed by atoms with Crippen molar-refractivity contribution in [2.75, 3.05) is 11.1 Å². The molecule has 0 spiro atoms. The van der Waals surface area contributed by atoms with Gasteiger partial charge in [0, 0.05) is 17.9 Å². The number of nitrogen functional groups attached to an aromatic ring is 1. The summed E-state index contributed by atoms with van der Waals surface area (Å²) in [7, 11) is 0. The van der Waals surface area contributed by atoms with E-state index in [1.165, 1.54) is 0 Å². The van der Waals surface area contributed by atoms with Crippen molar-refractivity contribution in [3.05, 3.63) is 47.3 Å². The van der Waals surface area contributed by atoms with Crippen molar-refractivity contribution in [2.45, 2.75) is 33.7 Å². The maximum absolute atomic E-state index is 12.4. The summed E-state index contributed by atoms with van der Waals surface area (Å²) in [5, 5.41) is 2.96. The molecule has 106 valence electrons. The van der Waals surface area contributed by atoms with E-state index in [2.05, 4.69) is 5.32 Å². The van der Waals surface area contributed by atoms with E-state index in [1.807, 2.05) is 50.5 Å². The molecular formula is C16H21N3O. The monoisotopic (exact) mass is 271 g/mol. The van der Waals surface area contributed by atoms with Crippen LogP contribution < -0.4 is 11.1 Å². The second kappa shape index (κ2) is 5.41. The summed E-state index contributed by atoms with van der Waals surface area (Å²) in [6.07, 6.45) is 1.79. The molecule has 0 fully saturated rings. The van der Waals surface area contributed by atoms with Crippen LogP contribution in [0.3, 0.4) is 0 Å². The van der Waals surface area contributed by atoms with E-state index in [0.717, 1.165) is 16.8 Å². The molecule has 1 aromatic carbocycles. The molecule has 3 N–H and O–H groups in total. The van der Waals surface area contributed by atoms with Crippen molar-refractivity contribution in [3.63, 3.8) is 0 Å². The molecule has 1 amide bonds. The minimum atomic E-state index is -0.135. The molecule has 1 aromatic heterocycles. The van der Waals surface area contributed by atoms with Gasteiger partial charge in [0.2, 0.25) is 0 Å². The predicted octanol–water partition coefficient (Wildman–Crippen LogP) is 3.52. The lowest BCUT2D eigenvalue weighted by molar-refractivity contribution is 0.101. The van der Waals surface area contributed by atoms with Crippen molar-refractivity contribution < 1.29 is 4.79 Å². The number of nitrogens with two attached hydrogens (primary N) is 1. The van der Waals surface area contributed by atoms with E-state index in [-0.39, 0.29) is 11.9 Å². The summed E-state index contributed by atoms with van der Waals surface area (Å²) in [4.78, 5) is 12.4. The number of aryl methyl sites for hydroxylation is 2. The topological polar surface area (TPSA) is 60.1 Å². The Labute approximate surface area is 119 Å². The van der Waals surface area contributed by atoms with Crippen LogP contribution in [-0.2, 0) is 0 Å². The molecule has 0 bridgehead atoms. The fraction of sp³-hybridized carbons (Fsp3) is 0.312. The minimum Gasteiger partial charge on any atom is -0.397 e. The van der Waals surface area contributed by atoms with Crippen LogP contribution in [0, 0.1) is 13.8 Å². The Morgan fingerprint density at radius 1 is 1.25 bits per heavy atom. The molecule has 4 nitrogen and oxygen atoms in total. The van der Waals surface area contributed by atoms with Gasteiger partial charge in [-0.2, -0.15) is 0 Å². The number of amides is 1. The van der Waals surface area contributed by atoms with Crippen LogP contribution in [0.15, 0.2) is 30.5 Å². The minimum absolute atomic E-state index is 0.135. The zero-order valence-electron chi connectivity index (χ0n) is 12.4. The highest BCUT2D eigenvalue weighted by atomic mass is 16.1.